The van der Waals surface area contributed by atoms with E-state index in [-0.39, 0.29) is 0 Å². The minimum Gasteiger partial charge on any atom is -0.456 e. The summed E-state index contributed by atoms with van der Waals surface area (Å²) in [5.41, 5.74) is 6.03. The fourth-order valence-corrected chi connectivity index (χ4v) is 4.75. The minimum absolute atomic E-state index is 0.895. The van der Waals surface area contributed by atoms with Gasteiger partial charge in [-0.1, -0.05) is 36.4 Å². The van der Waals surface area contributed by atoms with Crippen LogP contribution in [0.15, 0.2) is 81.6 Å². The molecule has 0 aliphatic heterocycles. The van der Waals surface area contributed by atoms with Crippen LogP contribution in [0, 0.1) is 0 Å². The summed E-state index contributed by atoms with van der Waals surface area (Å²) in [7, 11) is 2.13. The first-order valence-electron chi connectivity index (χ1n) is 9.43. The van der Waals surface area contributed by atoms with Crippen LogP contribution >= 0.6 is 0 Å². The largest absolute Gasteiger partial charge is 0.456 e. The molecule has 0 amide bonds. The number of furan rings is 2. The Bertz CT molecular complexity index is 1730. The Morgan fingerprint density at radius 3 is 2.21 bits per heavy atom. The molecule has 0 atom stereocenters. The van der Waals surface area contributed by atoms with E-state index < -0.39 is 0 Å². The van der Waals surface area contributed by atoms with Crippen LogP contribution in [0.3, 0.4) is 0 Å². The molecule has 28 heavy (non-hydrogen) atoms. The van der Waals surface area contributed by atoms with Crippen molar-refractivity contribution in [3.05, 3.63) is 72.8 Å². The molecule has 0 aliphatic carbocycles. The van der Waals surface area contributed by atoms with Gasteiger partial charge in [-0.05, 0) is 36.4 Å². The normalized spacial score (nSPS) is 12.5. The molecule has 0 bridgehead atoms. The summed E-state index contributed by atoms with van der Waals surface area (Å²) < 4.78 is 14.7. The van der Waals surface area contributed by atoms with Gasteiger partial charge in [0.05, 0.1) is 10.9 Å². The second-order valence-corrected chi connectivity index (χ2v) is 7.46. The number of fused-ring (bicyclic) bond motifs is 10. The van der Waals surface area contributed by atoms with Crippen molar-refractivity contribution < 1.29 is 8.83 Å². The number of hydrogen-bond acceptors (Lipinski definition) is 2. The molecule has 0 spiro atoms. The van der Waals surface area contributed by atoms with Crippen molar-refractivity contribution in [2.45, 2.75) is 0 Å². The van der Waals surface area contributed by atoms with E-state index in [2.05, 4.69) is 66.2 Å². The highest BCUT2D eigenvalue weighted by molar-refractivity contribution is 6.25. The Kier molecular flexibility index (Phi) is 2.44. The third kappa shape index (κ3) is 1.61. The van der Waals surface area contributed by atoms with Gasteiger partial charge in [0, 0.05) is 39.5 Å². The van der Waals surface area contributed by atoms with Crippen LogP contribution in [-0.2, 0) is 7.05 Å². The maximum atomic E-state index is 6.28. The van der Waals surface area contributed by atoms with Gasteiger partial charge in [-0.3, -0.25) is 0 Å². The second kappa shape index (κ2) is 4.76. The zero-order valence-corrected chi connectivity index (χ0v) is 15.2. The van der Waals surface area contributed by atoms with E-state index in [1.54, 1.807) is 0 Å². The zero-order valence-electron chi connectivity index (χ0n) is 15.2. The molecular formula is C25H15NO2. The van der Waals surface area contributed by atoms with Gasteiger partial charge in [0.1, 0.15) is 22.3 Å². The molecule has 3 heterocycles. The standard InChI is InChI=1S/C25H15NO2/c1-26-19-8-4-2-6-14(19)16-10-11-21-24(25(16)26)18-13-22-17(12-23(18)28-21)15-7-3-5-9-20(15)27-22/h2-13H,1H3. The molecule has 4 aromatic carbocycles. The molecule has 0 radical (unpaired) electrons. The third-order valence-corrected chi connectivity index (χ3v) is 6.00. The molecule has 0 fully saturated rings. The van der Waals surface area contributed by atoms with Gasteiger partial charge < -0.3 is 13.4 Å². The van der Waals surface area contributed by atoms with E-state index in [9.17, 15) is 0 Å². The number of aromatic nitrogens is 1. The first-order valence-corrected chi connectivity index (χ1v) is 9.43. The average molecular weight is 361 g/mol. The zero-order chi connectivity index (χ0) is 18.4. The van der Waals surface area contributed by atoms with Gasteiger partial charge in [0.2, 0.25) is 0 Å². The van der Waals surface area contributed by atoms with Crippen LogP contribution in [0.1, 0.15) is 0 Å². The van der Waals surface area contributed by atoms with E-state index in [0.717, 1.165) is 43.9 Å². The van der Waals surface area contributed by atoms with Gasteiger partial charge in [0.25, 0.3) is 0 Å². The average Bonchev–Trinajstić information content (AvgIpc) is 3.36. The molecule has 0 N–H and O–H groups in total. The van der Waals surface area contributed by atoms with Crippen molar-refractivity contribution in [3.8, 4) is 0 Å². The Hall–Kier alpha value is -3.72. The molecule has 0 unspecified atom stereocenters. The van der Waals surface area contributed by atoms with Crippen molar-refractivity contribution in [1.29, 1.82) is 0 Å². The molecule has 3 nitrogen and oxygen atoms in total. The summed E-state index contributed by atoms with van der Waals surface area (Å²) in [6, 6.07) is 25.2. The highest BCUT2D eigenvalue weighted by Gasteiger charge is 2.18. The Labute approximate surface area is 159 Å². The lowest BCUT2D eigenvalue weighted by molar-refractivity contribution is 0.664. The summed E-state index contributed by atoms with van der Waals surface area (Å²) >= 11 is 0. The van der Waals surface area contributed by atoms with Crippen LogP contribution in [0.4, 0.5) is 0 Å². The Morgan fingerprint density at radius 2 is 1.29 bits per heavy atom. The van der Waals surface area contributed by atoms with Crippen LogP contribution < -0.4 is 0 Å². The lowest BCUT2D eigenvalue weighted by atomic mass is 10.1. The van der Waals surface area contributed by atoms with Crippen LogP contribution in [0.5, 0.6) is 0 Å². The Morgan fingerprint density at radius 1 is 0.571 bits per heavy atom. The molecule has 7 aromatic rings. The SMILES string of the molecule is Cn1c2ccccc2c2ccc3oc4cc5c(cc4c3c21)oc1ccccc15. The second-order valence-electron chi connectivity index (χ2n) is 7.46. The number of nitrogens with zero attached hydrogens (tertiary/aromatic N) is 1. The van der Waals surface area contributed by atoms with Crippen molar-refractivity contribution in [1.82, 2.24) is 4.57 Å². The predicted octanol–water partition coefficient (Wildman–Crippen LogP) is 7.13. The fraction of sp³-hybridized carbons (Fsp3) is 0.0400. The van der Waals surface area contributed by atoms with Crippen molar-refractivity contribution in [3.63, 3.8) is 0 Å². The van der Waals surface area contributed by atoms with E-state index >= 15 is 0 Å². The fourth-order valence-electron chi connectivity index (χ4n) is 4.75. The van der Waals surface area contributed by atoms with Gasteiger partial charge in [-0.2, -0.15) is 0 Å². The molecule has 0 saturated heterocycles. The highest BCUT2D eigenvalue weighted by atomic mass is 16.3. The summed E-state index contributed by atoms with van der Waals surface area (Å²) in [5, 5.41) is 6.97. The molecule has 3 heteroatoms. The summed E-state index contributed by atoms with van der Waals surface area (Å²) in [6.07, 6.45) is 0. The van der Waals surface area contributed by atoms with Gasteiger partial charge in [-0.25, -0.2) is 0 Å². The molecule has 7 rings (SSSR count). The number of aryl methyl sites for hydroxylation is 1. The van der Waals surface area contributed by atoms with E-state index in [1.807, 2.05) is 18.2 Å². The van der Waals surface area contributed by atoms with Gasteiger partial charge in [-0.15, -0.1) is 0 Å². The molecule has 132 valence electrons. The summed E-state index contributed by atoms with van der Waals surface area (Å²) in [6.45, 7) is 0. The quantitative estimate of drug-likeness (QED) is 0.288. The number of para-hydroxylation sites is 2. The molecular weight excluding hydrogens is 346 g/mol. The van der Waals surface area contributed by atoms with Crippen LogP contribution in [0.25, 0.3) is 65.7 Å². The van der Waals surface area contributed by atoms with Crippen LogP contribution in [-0.4, -0.2) is 4.57 Å². The first kappa shape index (κ1) is 14.4. The maximum absolute atomic E-state index is 6.28. The molecule has 0 saturated carbocycles. The topological polar surface area (TPSA) is 31.2 Å². The minimum atomic E-state index is 0.895. The predicted molar refractivity (Wildman–Crippen MR) is 115 cm³/mol. The number of hydrogen-bond donors (Lipinski definition) is 0. The van der Waals surface area contributed by atoms with E-state index in [0.29, 0.717) is 0 Å². The smallest absolute Gasteiger partial charge is 0.137 e. The molecule has 0 aliphatic rings. The van der Waals surface area contributed by atoms with E-state index in [4.69, 9.17) is 8.83 Å². The number of benzene rings is 4. The highest BCUT2D eigenvalue weighted by Crippen LogP contribution is 2.41. The number of rotatable bonds is 0. The van der Waals surface area contributed by atoms with Gasteiger partial charge >= 0.3 is 0 Å². The lowest BCUT2D eigenvalue weighted by Gasteiger charge is -1.99. The first-order chi connectivity index (χ1) is 13.8. The van der Waals surface area contributed by atoms with Crippen LogP contribution in [0.2, 0.25) is 0 Å². The van der Waals surface area contributed by atoms with Crippen molar-refractivity contribution >= 4 is 65.7 Å². The van der Waals surface area contributed by atoms with Crippen molar-refractivity contribution in [2.75, 3.05) is 0 Å². The van der Waals surface area contributed by atoms with Crippen molar-refractivity contribution in [2.24, 2.45) is 7.05 Å². The van der Waals surface area contributed by atoms with E-state index in [1.165, 1.54) is 21.8 Å². The third-order valence-electron chi connectivity index (χ3n) is 6.00. The monoisotopic (exact) mass is 361 g/mol. The maximum Gasteiger partial charge on any atom is 0.137 e. The summed E-state index contributed by atoms with van der Waals surface area (Å²) in [5.74, 6) is 0. The Balaban J connectivity index is 1.74. The molecule has 3 aromatic heterocycles. The summed E-state index contributed by atoms with van der Waals surface area (Å²) in [4.78, 5) is 0. The van der Waals surface area contributed by atoms with Gasteiger partial charge in [0.15, 0.2) is 0 Å². The lowest BCUT2D eigenvalue weighted by Crippen LogP contribution is -1.86.